The minimum absolute atomic E-state index is 0.0900. The van der Waals surface area contributed by atoms with Crippen molar-refractivity contribution in [2.45, 2.75) is 13.5 Å². The number of hydrogen-bond acceptors (Lipinski definition) is 3. The number of likely N-dealkylation sites (N-methyl/N-ethyl adjacent to an activating group) is 1. The largest absolute Gasteiger partial charge is 0.336 e. The third-order valence-corrected chi connectivity index (χ3v) is 3.00. The second-order valence-electron chi connectivity index (χ2n) is 4.31. The Hall–Kier alpha value is -1.68. The van der Waals surface area contributed by atoms with E-state index in [0.29, 0.717) is 6.54 Å². The molecular weight excluding hydrogens is 214 g/mol. The van der Waals surface area contributed by atoms with Gasteiger partial charge in [-0.25, -0.2) is 0 Å². The average Bonchev–Trinajstić information content (AvgIpc) is 2.27. The lowest BCUT2D eigenvalue weighted by Crippen LogP contribution is -2.38. The van der Waals surface area contributed by atoms with Gasteiger partial charge in [-0.3, -0.25) is 9.78 Å². The first-order valence-electron chi connectivity index (χ1n) is 5.73. The summed E-state index contributed by atoms with van der Waals surface area (Å²) >= 11 is 0. The zero-order chi connectivity index (χ0) is 12.3. The number of nitrogens with zero attached hydrogens (tertiary/aromatic N) is 2. The van der Waals surface area contributed by atoms with Gasteiger partial charge in [0, 0.05) is 31.9 Å². The monoisotopic (exact) mass is 231 g/mol. The van der Waals surface area contributed by atoms with Gasteiger partial charge in [0.05, 0.1) is 12.2 Å². The molecule has 0 aliphatic carbocycles. The van der Waals surface area contributed by atoms with E-state index in [9.17, 15) is 4.79 Å². The predicted octanol–water partition coefficient (Wildman–Crippen LogP) is 0.960. The fourth-order valence-corrected chi connectivity index (χ4v) is 1.76. The lowest BCUT2D eigenvalue weighted by atomic mass is 10.0. The standard InChI is InChI=1S/C13H17N3O/c1-10(11-7-14-8-11)13(17)16(2)9-12-5-3-4-6-15-12/h3-6,14H,7-9H2,1-2H3. The minimum atomic E-state index is 0.0900. The van der Waals surface area contributed by atoms with Crippen LogP contribution in [0.4, 0.5) is 0 Å². The fourth-order valence-electron chi connectivity index (χ4n) is 1.76. The molecule has 0 radical (unpaired) electrons. The van der Waals surface area contributed by atoms with E-state index in [4.69, 9.17) is 0 Å². The SMILES string of the molecule is CC(C(=O)N(C)Cc1ccccn1)=C1CNC1. The lowest BCUT2D eigenvalue weighted by Gasteiger charge is -2.24. The Labute approximate surface area is 101 Å². The second-order valence-corrected chi connectivity index (χ2v) is 4.31. The zero-order valence-corrected chi connectivity index (χ0v) is 10.2. The molecule has 1 fully saturated rings. The van der Waals surface area contributed by atoms with Crippen LogP contribution in [-0.4, -0.2) is 35.9 Å². The van der Waals surface area contributed by atoms with E-state index in [1.54, 1.807) is 11.1 Å². The molecule has 0 atom stereocenters. The summed E-state index contributed by atoms with van der Waals surface area (Å²) in [5, 5.41) is 3.14. The molecule has 4 heteroatoms. The topological polar surface area (TPSA) is 45.2 Å². The summed E-state index contributed by atoms with van der Waals surface area (Å²) in [6.07, 6.45) is 1.74. The Morgan fingerprint density at radius 3 is 2.76 bits per heavy atom. The van der Waals surface area contributed by atoms with Gasteiger partial charge in [-0.1, -0.05) is 6.07 Å². The molecule has 1 aromatic rings. The molecule has 4 nitrogen and oxygen atoms in total. The summed E-state index contributed by atoms with van der Waals surface area (Å²) < 4.78 is 0. The van der Waals surface area contributed by atoms with Gasteiger partial charge in [0.2, 0.25) is 5.91 Å². The molecular formula is C13H17N3O. The first-order valence-corrected chi connectivity index (χ1v) is 5.73. The molecule has 17 heavy (non-hydrogen) atoms. The summed E-state index contributed by atoms with van der Waals surface area (Å²) in [6.45, 7) is 4.13. The minimum Gasteiger partial charge on any atom is -0.336 e. The molecule has 2 heterocycles. The summed E-state index contributed by atoms with van der Waals surface area (Å²) in [7, 11) is 1.81. The molecule has 1 aromatic heterocycles. The molecule has 1 N–H and O–H groups in total. The van der Waals surface area contributed by atoms with Crippen molar-refractivity contribution in [2.24, 2.45) is 0 Å². The number of pyridine rings is 1. The highest BCUT2D eigenvalue weighted by atomic mass is 16.2. The Morgan fingerprint density at radius 2 is 2.24 bits per heavy atom. The van der Waals surface area contributed by atoms with E-state index in [0.717, 1.165) is 24.4 Å². The second kappa shape index (κ2) is 5.10. The number of nitrogens with one attached hydrogen (secondary N) is 1. The summed E-state index contributed by atoms with van der Waals surface area (Å²) in [5.41, 5.74) is 2.98. The molecule has 2 rings (SSSR count). The van der Waals surface area contributed by atoms with Crippen LogP contribution in [0, 0.1) is 0 Å². The highest BCUT2D eigenvalue weighted by Crippen LogP contribution is 2.12. The number of carbonyl (C=O) groups is 1. The zero-order valence-electron chi connectivity index (χ0n) is 10.2. The van der Waals surface area contributed by atoms with Crippen LogP contribution in [0.5, 0.6) is 0 Å². The van der Waals surface area contributed by atoms with E-state index in [1.807, 2.05) is 32.2 Å². The van der Waals surface area contributed by atoms with Gasteiger partial charge in [0.1, 0.15) is 0 Å². The summed E-state index contributed by atoms with van der Waals surface area (Å²) in [5.74, 6) is 0.0900. The Morgan fingerprint density at radius 1 is 1.47 bits per heavy atom. The quantitative estimate of drug-likeness (QED) is 0.788. The fraction of sp³-hybridized carbons (Fsp3) is 0.385. The van der Waals surface area contributed by atoms with Gasteiger partial charge in [0.15, 0.2) is 0 Å². The van der Waals surface area contributed by atoms with Gasteiger partial charge >= 0.3 is 0 Å². The van der Waals surface area contributed by atoms with Crippen molar-refractivity contribution < 1.29 is 4.79 Å². The van der Waals surface area contributed by atoms with Crippen LogP contribution in [-0.2, 0) is 11.3 Å². The van der Waals surface area contributed by atoms with E-state index in [1.165, 1.54) is 5.57 Å². The molecule has 0 saturated carbocycles. The first kappa shape index (κ1) is 11.8. The van der Waals surface area contributed by atoms with E-state index >= 15 is 0 Å². The Balaban J connectivity index is 2.01. The highest BCUT2D eigenvalue weighted by molar-refractivity contribution is 5.93. The Bertz CT molecular complexity index is 433. The third-order valence-electron chi connectivity index (χ3n) is 3.00. The molecule has 90 valence electrons. The van der Waals surface area contributed by atoms with Crippen molar-refractivity contribution in [3.8, 4) is 0 Å². The molecule has 1 aliphatic rings. The number of aromatic nitrogens is 1. The lowest BCUT2D eigenvalue weighted by molar-refractivity contribution is -0.126. The maximum atomic E-state index is 12.1. The predicted molar refractivity (Wildman–Crippen MR) is 66.3 cm³/mol. The van der Waals surface area contributed by atoms with Crippen LogP contribution in [0.25, 0.3) is 0 Å². The van der Waals surface area contributed by atoms with Crippen LogP contribution < -0.4 is 5.32 Å². The Kier molecular flexibility index (Phi) is 3.54. The van der Waals surface area contributed by atoms with Gasteiger partial charge < -0.3 is 10.2 Å². The molecule has 0 spiro atoms. The number of hydrogen-bond donors (Lipinski definition) is 1. The van der Waals surface area contributed by atoms with Gasteiger partial charge in [-0.05, 0) is 24.6 Å². The molecule has 1 saturated heterocycles. The number of carbonyl (C=O) groups excluding carboxylic acids is 1. The molecule has 0 unspecified atom stereocenters. The van der Waals surface area contributed by atoms with Gasteiger partial charge in [-0.2, -0.15) is 0 Å². The van der Waals surface area contributed by atoms with E-state index < -0.39 is 0 Å². The highest BCUT2D eigenvalue weighted by Gasteiger charge is 2.18. The van der Waals surface area contributed by atoms with Crippen LogP contribution in [0.3, 0.4) is 0 Å². The maximum Gasteiger partial charge on any atom is 0.249 e. The smallest absolute Gasteiger partial charge is 0.249 e. The third kappa shape index (κ3) is 2.71. The van der Waals surface area contributed by atoms with Crippen molar-refractivity contribution in [2.75, 3.05) is 20.1 Å². The summed E-state index contributed by atoms with van der Waals surface area (Å²) in [6, 6.07) is 5.73. The maximum absolute atomic E-state index is 12.1. The van der Waals surface area contributed by atoms with Crippen LogP contribution >= 0.6 is 0 Å². The van der Waals surface area contributed by atoms with Gasteiger partial charge in [0.25, 0.3) is 0 Å². The van der Waals surface area contributed by atoms with Crippen molar-refractivity contribution >= 4 is 5.91 Å². The normalized spacial score (nSPS) is 14.1. The molecule has 1 amide bonds. The van der Waals surface area contributed by atoms with E-state index in [2.05, 4.69) is 10.3 Å². The van der Waals surface area contributed by atoms with Crippen LogP contribution in [0.1, 0.15) is 12.6 Å². The van der Waals surface area contributed by atoms with Crippen molar-refractivity contribution in [1.82, 2.24) is 15.2 Å². The van der Waals surface area contributed by atoms with Gasteiger partial charge in [-0.15, -0.1) is 0 Å². The van der Waals surface area contributed by atoms with Crippen molar-refractivity contribution in [1.29, 1.82) is 0 Å². The van der Waals surface area contributed by atoms with Crippen LogP contribution in [0.15, 0.2) is 35.5 Å². The van der Waals surface area contributed by atoms with Crippen LogP contribution in [0.2, 0.25) is 0 Å². The summed E-state index contributed by atoms with van der Waals surface area (Å²) in [4.78, 5) is 18.0. The van der Waals surface area contributed by atoms with E-state index in [-0.39, 0.29) is 5.91 Å². The van der Waals surface area contributed by atoms with Crippen molar-refractivity contribution in [3.63, 3.8) is 0 Å². The number of rotatable bonds is 3. The number of amides is 1. The van der Waals surface area contributed by atoms with Crippen molar-refractivity contribution in [3.05, 3.63) is 41.2 Å². The first-order chi connectivity index (χ1) is 8.18. The molecule has 1 aliphatic heterocycles. The average molecular weight is 231 g/mol. The molecule has 0 aromatic carbocycles. The molecule has 0 bridgehead atoms.